The number of nitrogens with one attached hydrogen (secondary N) is 1. The number of fused-ring (bicyclic) bond motifs is 3. The molecule has 29 heavy (non-hydrogen) atoms. The van der Waals surface area contributed by atoms with E-state index in [0.29, 0.717) is 25.3 Å². The summed E-state index contributed by atoms with van der Waals surface area (Å²) in [5, 5.41) is 12.4. The molecule has 1 aromatic heterocycles. The van der Waals surface area contributed by atoms with Crippen LogP contribution in [0.5, 0.6) is 5.75 Å². The standard InChI is InChI=1S/C24H22N2O3/c27-23-13-7-15-25-22(23)12-5-6-14-26-24(28)29-16-21-19-10-3-1-8-17(19)18-9-2-4-11-20(18)21/h1-5,7-13,15,21,27H,6,14,16H2,(H,26,28). The van der Waals surface area contributed by atoms with Crippen LogP contribution < -0.4 is 5.32 Å². The van der Waals surface area contributed by atoms with Gasteiger partial charge in [-0.3, -0.25) is 4.98 Å². The van der Waals surface area contributed by atoms with Gasteiger partial charge in [-0.25, -0.2) is 4.79 Å². The van der Waals surface area contributed by atoms with Crippen LogP contribution in [0.25, 0.3) is 17.2 Å². The Balaban J connectivity index is 1.29. The van der Waals surface area contributed by atoms with Crippen LogP contribution in [0.2, 0.25) is 0 Å². The van der Waals surface area contributed by atoms with Crippen LogP contribution in [-0.2, 0) is 4.74 Å². The summed E-state index contributed by atoms with van der Waals surface area (Å²) < 4.78 is 5.50. The summed E-state index contributed by atoms with van der Waals surface area (Å²) in [6.45, 7) is 0.748. The van der Waals surface area contributed by atoms with Gasteiger partial charge in [-0.15, -0.1) is 0 Å². The third kappa shape index (κ3) is 4.14. The first-order valence-electron chi connectivity index (χ1n) is 9.63. The number of amides is 1. The highest BCUT2D eigenvalue weighted by Gasteiger charge is 2.28. The summed E-state index contributed by atoms with van der Waals surface area (Å²) in [4.78, 5) is 16.2. The Morgan fingerprint density at radius 1 is 1.03 bits per heavy atom. The smallest absolute Gasteiger partial charge is 0.407 e. The monoisotopic (exact) mass is 386 g/mol. The average molecular weight is 386 g/mol. The second-order valence-corrected chi connectivity index (χ2v) is 6.85. The van der Waals surface area contributed by atoms with Crippen LogP contribution >= 0.6 is 0 Å². The number of carbonyl (C=O) groups excluding carboxylic acids is 1. The van der Waals surface area contributed by atoms with Gasteiger partial charge < -0.3 is 15.2 Å². The van der Waals surface area contributed by atoms with Gasteiger partial charge in [0.2, 0.25) is 0 Å². The average Bonchev–Trinajstić information content (AvgIpc) is 3.07. The molecule has 0 bridgehead atoms. The SMILES string of the molecule is O=C(NCCC=Cc1ncccc1O)OCC1c2ccccc2-c2ccccc21. The Hall–Kier alpha value is -3.60. The summed E-state index contributed by atoms with van der Waals surface area (Å²) in [6, 6.07) is 19.8. The molecular weight excluding hydrogens is 364 g/mol. The molecule has 0 unspecified atom stereocenters. The Morgan fingerprint density at radius 2 is 1.72 bits per heavy atom. The zero-order chi connectivity index (χ0) is 20.1. The maximum absolute atomic E-state index is 12.1. The quantitative estimate of drug-likeness (QED) is 0.601. The molecule has 5 nitrogen and oxygen atoms in total. The molecule has 1 aliphatic rings. The summed E-state index contributed by atoms with van der Waals surface area (Å²) in [7, 11) is 0. The highest BCUT2D eigenvalue weighted by atomic mass is 16.5. The second-order valence-electron chi connectivity index (χ2n) is 6.85. The van der Waals surface area contributed by atoms with Crippen LogP contribution in [0.1, 0.15) is 29.2 Å². The van der Waals surface area contributed by atoms with Crippen molar-refractivity contribution in [1.29, 1.82) is 0 Å². The van der Waals surface area contributed by atoms with E-state index in [4.69, 9.17) is 4.74 Å². The van der Waals surface area contributed by atoms with E-state index in [1.807, 2.05) is 30.3 Å². The minimum Gasteiger partial charge on any atom is -0.506 e. The molecular formula is C24H22N2O3. The number of carbonyl (C=O) groups is 1. The molecule has 1 heterocycles. The molecule has 0 atom stereocenters. The number of rotatable bonds is 6. The number of nitrogens with zero attached hydrogens (tertiary/aromatic N) is 1. The fourth-order valence-electron chi connectivity index (χ4n) is 3.64. The maximum atomic E-state index is 12.1. The molecule has 3 aromatic rings. The van der Waals surface area contributed by atoms with E-state index < -0.39 is 6.09 Å². The van der Waals surface area contributed by atoms with Gasteiger partial charge in [0.25, 0.3) is 0 Å². The maximum Gasteiger partial charge on any atom is 0.407 e. The minimum atomic E-state index is -0.430. The molecule has 0 saturated heterocycles. The topological polar surface area (TPSA) is 71.5 Å². The Labute approximate surface area is 169 Å². The van der Waals surface area contributed by atoms with Gasteiger partial charge in [-0.05, 0) is 46.9 Å². The van der Waals surface area contributed by atoms with Gasteiger partial charge in [0.15, 0.2) is 0 Å². The Morgan fingerprint density at radius 3 is 2.41 bits per heavy atom. The van der Waals surface area contributed by atoms with Gasteiger partial charge in [0, 0.05) is 18.7 Å². The predicted molar refractivity (Wildman–Crippen MR) is 113 cm³/mol. The number of aromatic nitrogens is 1. The molecule has 146 valence electrons. The zero-order valence-corrected chi connectivity index (χ0v) is 15.9. The first-order valence-corrected chi connectivity index (χ1v) is 9.63. The number of ether oxygens (including phenoxy) is 1. The van der Waals surface area contributed by atoms with E-state index in [1.165, 1.54) is 22.3 Å². The van der Waals surface area contributed by atoms with Crippen molar-refractivity contribution in [3.63, 3.8) is 0 Å². The van der Waals surface area contributed by atoms with Crippen LogP contribution in [0.3, 0.4) is 0 Å². The van der Waals surface area contributed by atoms with Crippen LogP contribution in [0.15, 0.2) is 72.9 Å². The molecule has 5 heteroatoms. The fourth-order valence-corrected chi connectivity index (χ4v) is 3.64. The van der Waals surface area contributed by atoms with Crippen molar-refractivity contribution in [1.82, 2.24) is 10.3 Å². The minimum absolute atomic E-state index is 0.0557. The van der Waals surface area contributed by atoms with Crippen LogP contribution in [0, 0.1) is 0 Å². The lowest BCUT2D eigenvalue weighted by Gasteiger charge is -2.14. The van der Waals surface area contributed by atoms with Gasteiger partial charge in [0.05, 0.1) is 0 Å². The van der Waals surface area contributed by atoms with E-state index in [1.54, 1.807) is 24.4 Å². The van der Waals surface area contributed by atoms with Gasteiger partial charge >= 0.3 is 6.09 Å². The molecule has 0 saturated carbocycles. The van der Waals surface area contributed by atoms with Gasteiger partial charge in [0.1, 0.15) is 18.1 Å². The van der Waals surface area contributed by atoms with Crippen LogP contribution in [-0.4, -0.2) is 29.3 Å². The second kappa shape index (κ2) is 8.61. The van der Waals surface area contributed by atoms with E-state index in [9.17, 15) is 9.90 Å². The molecule has 0 spiro atoms. The van der Waals surface area contributed by atoms with E-state index in [-0.39, 0.29) is 11.7 Å². The van der Waals surface area contributed by atoms with Crippen LogP contribution in [0.4, 0.5) is 4.79 Å². The summed E-state index contributed by atoms with van der Waals surface area (Å²) in [5.74, 6) is 0.188. The van der Waals surface area contributed by atoms with E-state index in [0.717, 1.165) is 0 Å². The summed E-state index contributed by atoms with van der Waals surface area (Å²) in [5.41, 5.74) is 5.31. The van der Waals surface area contributed by atoms with Crippen molar-refractivity contribution >= 4 is 12.2 Å². The number of aromatic hydroxyl groups is 1. The van der Waals surface area contributed by atoms with Crippen molar-refractivity contribution < 1.29 is 14.6 Å². The van der Waals surface area contributed by atoms with E-state index in [2.05, 4.69) is 34.6 Å². The predicted octanol–water partition coefficient (Wildman–Crippen LogP) is 4.73. The number of benzene rings is 2. The molecule has 1 amide bonds. The molecule has 0 aliphatic heterocycles. The van der Waals surface area contributed by atoms with Crippen molar-refractivity contribution in [2.75, 3.05) is 13.2 Å². The number of hydrogen-bond acceptors (Lipinski definition) is 4. The molecule has 4 rings (SSSR count). The lowest BCUT2D eigenvalue weighted by molar-refractivity contribution is 0.143. The molecule has 2 N–H and O–H groups in total. The first kappa shape index (κ1) is 18.7. The van der Waals surface area contributed by atoms with Gasteiger partial charge in [-0.2, -0.15) is 0 Å². The Bertz CT molecular complexity index is 1000. The highest BCUT2D eigenvalue weighted by Crippen LogP contribution is 2.44. The number of pyridine rings is 1. The lowest BCUT2D eigenvalue weighted by Crippen LogP contribution is -2.26. The lowest BCUT2D eigenvalue weighted by atomic mass is 9.98. The third-order valence-electron chi connectivity index (χ3n) is 5.02. The highest BCUT2D eigenvalue weighted by molar-refractivity contribution is 5.79. The Kier molecular flexibility index (Phi) is 5.56. The number of alkyl carbamates (subject to hydrolysis) is 1. The molecule has 1 aliphatic carbocycles. The third-order valence-corrected chi connectivity index (χ3v) is 5.02. The number of hydrogen-bond donors (Lipinski definition) is 2. The fraction of sp³-hybridized carbons (Fsp3) is 0.167. The summed E-state index contributed by atoms with van der Waals surface area (Å²) >= 11 is 0. The van der Waals surface area contributed by atoms with Crippen molar-refractivity contribution in [3.05, 3.63) is 89.8 Å². The van der Waals surface area contributed by atoms with E-state index >= 15 is 0 Å². The van der Waals surface area contributed by atoms with Crippen molar-refractivity contribution in [2.24, 2.45) is 0 Å². The van der Waals surface area contributed by atoms with Crippen molar-refractivity contribution in [3.8, 4) is 16.9 Å². The van der Waals surface area contributed by atoms with Crippen molar-refractivity contribution in [2.45, 2.75) is 12.3 Å². The molecule has 0 radical (unpaired) electrons. The first-order chi connectivity index (χ1) is 14.2. The normalized spacial score (nSPS) is 12.6. The molecule has 2 aromatic carbocycles. The largest absolute Gasteiger partial charge is 0.506 e. The summed E-state index contributed by atoms with van der Waals surface area (Å²) in [6.07, 6.45) is 5.38. The van der Waals surface area contributed by atoms with Gasteiger partial charge in [-0.1, -0.05) is 54.6 Å². The zero-order valence-electron chi connectivity index (χ0n) is 15.9. The molecule has 0 fully saturated rings.